The van der Waals surface area contributed by atoms with Crippen LogP contribution in [0.25, 0.3) is 5.76 Å². The third-order valence-corrected chi connectivity index (χ3v) is 6.23. The Morgan fingerprint density at radius 1 is 1.00 bits per heavy atom. The fourth-order valence-electron chi connectivity index (χ4n) is 3.80. The minimum Gasteiger partial charge on any atom is -0.507 e. The third-order valence-electron chi connectivity index (χ3n) is 5.34. The number of halogens is 2. The highest BCUT2D eigenvalue weighted by Gasteiger charge is 2.47. The van der Waals surface area contributed by atoms with Crippen LogP contribution in [0.1, 0.15) is 28.3 Å². The van der Waals surface area contributed by atoms with E-state index in [2.05, 4.69) is 15.9 Å². The number of ketones is 1. The average molecular weight is 480 g/mol. The molecule has 4 nitrogen and oxygen atoms in total. The number of Topliss-reactive ketones (excluding diaryl/α,β-unsaturated/α-hetero) is 1. The molecular formula is C25H19BrFNO3. The molecule has 6 heteroatoms. The van der Waals surface area contributed by atoms with E-state index in [1.165, 1.54) is 29.2 Å². The van der Waals surface area contributed by atoms with Gasteiger partial charge in [0.1, 0.15) is 11.6 Å². The van der Waals surface area contributed by atoms with Gasteiger partial charge < -0.3 is 5.11 Å². The molecule has 31 heavy (non-hydrogen) atoms. The third kappa shape index (κ3) is 3.79. The zero-order chi connectivity index (χ0) is 22.3. The van der Waals surface area contributed by atoms with Crippen molar-refractivity contribution in [2.45, 2.75) is 19.9 Å². The van der Waals surface area contributed by atoms with Gasteiger partial charge in [0.15, 0.2) is 0 Å². The number of hydrogen-bond donors (Lipinski definition) is 1. The molecule has 3 aromatic carbocycles. The number of aryl methyl sites for hydroxylation is 2. The smallest absolute Gasteiger partial charge is 0.300 e. The standard InChI is InChI=1S/C25H19BrFNO3/c1-14-4-3-5-16(12-14)22-21(23(29)17-6-11-20(26)15(2)13-17)24(30)25(31)28(22)19-9-7-18(27)8-10-19/h3-13,22,29H,1-2H3/b23-21-. The van der Waals surface area contributed by atoms with Gasteiger partial charge in [-0.05, 0) is 61.4 Å². The number of aliphatic hydroxyl groups is 1. The van der Waals surface area contributed by atoms with Gasteiger partial charge in [0.05, 0.1) is 11.6 Å². The highest BCUT2D eigenvalue weighted by atomic mass is 79.9. The molecule has 4 rings (SSSR count). The van der Waals surface area contributed by atoms with Crippen molar-refractivity contribution in [2.75, 3.05) is 4.90 Å². The first-order valence-electron chi connectivity index (χ1n) is 9.67. The van der Waals surface area contributed by atoms with Crippen molar-refractivity contribution in [2.24, 2.45) is 0 Å². The summed E-state index contributed by atoms with van der Waals surface area (Å²) in [6, 6.07) is 17.2. The molecule has 1 amide bonds. The Bertz CT molecular complexity index is 1230. The van der Waals surface area contributed by atoms with Gasteiger partial charge in [0.25, 0.3) is 11.7 Å². The van der Waals surface area contributed by atoms with Gasteiger partial charge in [0.2, 0.25) is 0 Å². The number of benzene rings is 3. The molecular weight excluding hydrogens is 461 g/mol. The van der Waals surface area contributed by atoms with Gasteiger partial charge in [-0.25, -0.2) is 4.39 Å². The Hall–Kier alpha value is -3.25. The minimum absolute atomic E-state index is 0.00153. The second-order valence-electron chi connectivity index (χ2n) is 7.52. The topological polar surface area (TPSA) is 57.6 Å². The molecule has 0 aliphatic carbocycles. The molecule has 1 N–H and O–H groups in total. The average Bonchev–Trinajstić information content (AvgIpc) is 3.01. The van der Waals surface area contributed by atoms with E-state index in [1.54, 1.807) is 24.3 Å². The number of rotatable bonds is 3. The molecule has 0 bridgehead atoms. The highest BCUT2D eigenvalue weighted by molar-refractivity contribution is 9.10. The molecule has 0 aromatic heterocycles. The van der Waals surface area contributed by atoms with Crippen LogP contribution in [0.5, 0.6) is 0 Å². The van der Waals surface area contributed by atoms with Crippen LogP contribution in [0, 0.1) is 19.7 Å². The molecule has 1 aliphatic heterocycles. The monoisotopic (exact) mass is 479 g/mol. The first-order valence-corrected chi connectivity index (χ1v) is 10.5. The van der Waals surface area contributed by atoms with Crippen LogP contribution in [0.3, 0.4) is 0 Å². The maximum atomic E-state index is 13.5. The fourth-order valence-corrected chi connectivity index (χ4v) is 4.05. The summed E-state index contributed by atoms with van der Waals surface area (Å²) in [6.45, 7) is 3.78. The van der Waals surface area contributed by atoms with Crippen LogP contribution in [-0.4, -0.2) is 16.8 Å². The number of nitrogens with zero attached hydrogens (tertiary/aromatic N) is 1. The first kappa shape index (κ1) is 21.0. The summed E-state index contributed by atoms with van der Waals surface area (Å²) in [7, 11) is 0. The number of anilines is 1. The van der Waals surface area contributed by atoms with Crippen molar-refractivity contribution in [1.82, 2.24) is 0 Å². The molecule has 0 spiro atoms. The van der Waals surface area contributed by atoms with Crippen molar-refractivity contribution >= 4 is 39.1 Å². The summed E-state index contributed by atoms with van der Waals surface area (Å²) in [5.74, 6) is -2.25. The summed E-state index contributed by atoms with van der Waals surface area (Å²) in [5.41, 5.74) is 3.32. The molecule has 1 heterocycles. The van der Waals surface area contributed by atoms with Crippen LogP contribution in [0.15, 0.2) is 76.8 Å². The summed E-state index contributed by atoms with van der Waals surface area (Å²) < 4.78 is 14.4. The molecule has 1 saturated heterocycles. The highest BCUT2D eigenvalue weighted by Crippen LogP contribution is 2.42. The van der Waals surface area contributed by atoms with Crippen LogP contribution in [0.4, 0.5) is 10.1 Å². The maximum Gasteiger partial charge on any atom is 0.300 e. The molecule has 1 unspecified atom stereocenters. The van der Waals surface area contributed by atoms with E-state index in [0.717, 1.165) is 15.6 Å². The number of hydrogen-bond acceptors (Lipinski definition) is 3. The van der Waals surface area contributed by atoms with Gasteiger partial charge >= 0.3 is 0 Å². The van der Waals surface area contributed by atoms with Crippen LogP contribution in [-0.2, 0) is 9.59 Å². The van der Waals surface area contributed by atoms with Crippen molar-refractivity contribution in [3.63, 3.8) is 0 Å². The van der Waals surface area contributed by atoms with E-state index in [1.807, 2.05) is 32.0 Å². The lowest BCUT2D eigenvalue weighted by atomic mass is 9.94. The van der Waals surface area contributed by atoms with Gasteiger partial charge in [0, 0.05) is 15.7 Å². The van der Waals surface area contributed by atoms with Gasteiger partial charge in [-0.1, -0.05) is 51.8 Å². The van der Waals surface area contributed by atoms with E-state index in [4.69, 9.17) is 0 Å². The number of carbonyl (C=O) groups excluding carboxylic acids is 2. The Kier molecular flexibility index (Phi) is 5.50. The molecule has 1 atom stereocenters. The van der Waals surface area contributed by atoms with Gasteiger partial charge in [-0.15, -0.1) is 0 Å². The molecule has 0 saturated carbocycles. The summed E-state index contributed by atoms with van der Waals surface area (Å²) in [4.78, 5) is 27.5. The maximum absolute atomic E-state index is 13.5. The number of carbonyl (C=O) groups is 2. The van der Waals surface area contributed by atoms with Crippen LogP contribution < -0.4 is 4.90 Å². The minimum atomic E-state index is -0.839. The van der Waals surface area contributed by atoms with Crippen molar-refractivity contribution in [3.8, 4) is 0 Å². The molecule has 1 aliphatic rings. The predicted molar refractivity (Wildman–Crippen MR) is 121 cm³/mol. The quantitative estimate of drug-likeness (QED) is 0.292. The largest absolute Gasteiger partial charge is 0.507 e. The van der Waals surface area contributed by atoms with Gasteiger partial charge in [-0.3, -0.25) is 14.5 Å². The predicted octanol–water partition coefficient (Wildman–Crippen LogP) is 5.83. The van der Waals surface area contributed by atoms with E-state index < -0.39 is 23.5 Å². The van der Waals surface area contributed by atoms with E-state index in [0.29, 0.717) is 16.8 Å². The normalized spacial score (nSPS) is 17.9. The Morgan fingerprint density at radius 3 is 2.35 bits per heavy atom. The Labute approximate surface area is 187 Å². The second-order valence-corrected chi connectivity index (χ2v) is 8.38. The lowest BCUT2D eigenvalue weighted by Gasteiger charge is -2.25. The zero-order valence-corrected chi connectivity index (χ0v) is 18.5. The fraction of sp³-hybridized carbons (Fsp3) is 0.120. The second kappa shape index (κ2) is 8.12. The first-order chi connectivity index (χ1) is 14.8. The SMILES string of the molecule is Cc1cccc(C2/C(=C(/O)c3ccc(Br)c(C)c3)C(=O)C(=O)N2c2ccc(F)cc2)c1. The van der Waals surface area contributed by atoms with Crippen LogP contribution in [0.2, 0.25) is 0 Å². The van der Waals surface area contributed by atoms with E-state index >= 15 is 0 Å². The van der Waals surface area contributed by atoms with E-state index in [-0.39, 0.29) is 11.3 Å². The van der Waals surface area contributed by atoms with Crippen molar-refractivity contribution in [3.05, 3.63) is 105 Å². The summed E-state index contributed by atoms with van der Waals surface area (Å²) in [6.07, 6.45) is 0. The molecule has 1 fully saturated rings. The summed E-state index contributed by atoms with van der Waals surface area (Å²) >= 11 is 3.43. The number of amides is 1. The van der Waals surface area contributed by atoms with Gasteiger partial charge in [-0.2, -0.15) is 0 Å². The molecule has 3 aromatic rings. The van der Waals surface area contributed by atoms with Crippen molar-refractivity contribution in [1.29, 1.82) is 0 Å². The lowest BCUT2D eigenvalue weighted by Crippen LogP contribution is -2.29. The zero-order valence-electron chi connectivity index (χ0n) is 16.9. The molecule has 0 radical (unpaired) electrons. The van der Waals surface area contributed by atoms with Crippen LogP contribution >= 0.6 is 15.9 Å². The molecule has 156 valence electrons. The Morgan fingerprint density at radius 2 is 1.71 bits per heavy atom. The summed E-state index contributed by atoms with van der Waals surface area (Å²) in [5, 5.41) is 11.1. The Balaban J connectivity index is 1.96. The number of aliphatic hydroxyl groups excluding tert-OH is 1. The van der Waals surface area contributed by atoms with Crippen molar-refractivity contribution < 1.29 is 19.1 Å². The van der Waals surface area contributed by atoms with E-state index in [9.17, 15) is 19.1 Å². The lowest BCUT2D eigenvalue weighted by molar-refractivity contribution is -0.132.